The molecule has 8 heteroatoms. The molecule has 1 aliphatic heterocycles. The van der Waals surface area contributed by atoms with Crippen molar-refractivity contribution in [2.45, 2.75) is 13.0 Å². The van der Waals surface area contributed by atoms with Gasteiger partial charge >= 0.3 is 5.97 Å². The summed E-state index contributed by atoms with van der Waals surface area (Å²) in [6.45, 7) is 1.63. The normalized spacial score (nSPS) is 13.4. The lowest BCUT2D eigenvalue weighted by molar-refractivity contribution is -0.148. The number of rotatable bonds is 5. The van der Waals surface area contributed by atoms with Gasteiger partial charge in [-0.25, -0.2) is 4.79 Å². The van der Waals surface area contributed by atoms with E-state index in [1.165, 1.54) is 13.0 Å². The number of hydrogen-bond donors (Lipinski definition) is 1. The van der Waals surface area contributed by atoms with Crippen LogP contribution in [-0.2, 0) is 14.3 Å². The van der Waals surface area contributed by atoms with Crippen molar-refractivity contribution >= 4 is 46.8 Å². The molecule has 1 unspecified atom stereocenters. The molecule has 140 valence electrons. The SMILES string of the molecule is CC(OC(=O)/C=C/c1ccc2c(c1)OCO2)C(=O)Nc1cccc(Cl)c1Cl. The molecule has 6 nitrogen and oxygen atoms in total. The number of carbonyl (C=O) groups excluding carboxylic acids is 2. The van der Waals surface area contributed by atoms with Gasteiger partial charge in [0.25, 0.3) is 5.91 Å². The Kier molecular flexibility index (Phi) is 5.88. The quantitative estimate of drug-likeness (QED) is 0.590. The van der Waals surface area contributed by atoms with Gasteiger partial charge in [0.15, 0.2) is 17.6 Å². The molecule has 27 heavy (non-hydrogen) atoms. The van der Waals surface area contributed by atoms with Gasteiger partial charge in [-0.05, 0) is 42.8 Å². The molecule has 1 aliphatic rings. The Morgan fingerprint density at radius 3 is 2.78 bits per heavy atom. The molecule has 2 aromatic carbocycles. The number of nitrogens with one attached hydrogen (secondary N) is 1. The van der Waals surface area contributed by atoms with E-state index in [2.05, 4.69) is 5.32 Å². The Hall–Kier alpha value is -2.70. The maximum Gasteiger partial charge on any atom is 0.331 e. The molecule has 0 aliphatic carbocycles. The van der Waals surface area contributed by atoms with E-state index in [-0.39, 0.29) is 11.8 Å². The lowest BCUT2D eigenvalue weighted by atomic mass is 10.2. The molecule has 0 bridgehead atoms. The minimum atomic E-state index is -1.02. The summed E-state index contributed by atoms with van der Waals surface area (Å²) < 4.78 is 15.6. The standard InChI is InChI=1S/C19H15Cl2NO5/c1-11(19(24)22-14-4-2-3-13(20)18(14)21)27-17(23)8-6-12-5-7-15-16(9-12)26-10-25-15/h2-9,11H,10H2,1H3,(H,22,24)/b8-6+. The van der Waals surface area contributed by atoms with Crippen LogP contribution < -0.4 is 14.8 Å². The third-order valence-electron chi connectivity index (χ3n) is 3.68. The van der Waals surface area contributed by atoms with Gasteiger partial charge in [0, 0.05) is 6.08 Å². The molecule has 1 atom stereocenters. The van der Waals surface area contributed by atoms with Crippen LogP contribution in [0.5, 0.6) is 11.5 Å². The summed E-state index contributed by atoms with van der Waals surface area (Å²) in [7, 11) is 0. The fourth-order valence-corrected chi connectivity index (χ4v) is 2.63. The number of hydrogen-bond acceptors (Lipinski definition) is 5. The van der Waals surface area contributed by atoms with Crippen molar-refractivity contribution < 1.29 is 23.8 Å². The van der Waals surface area contributed by atoms with Crippen molar-refractivity contribution in [3.05, 3.63) is 58.1 Å². The van der Waals surface area contributed by atoms with Crippen LogP contribution in [0.1, 0.15) is 12.5 Å². The Labute approximate surface area is 165 Å². The first-order valence-corrected chi connectivity index (χ1v) is 8.73. The molecule has 0 aromatic heterocycles. The van der Waals surface area contributed by atoms with E-state index in [1.807, 2.05) is 0 Å². The van der Waals surface area contributed by atoms with Crippen LogP contribution in [0.3, 0.4) is 0 Å². The van der Waals surface area contributed by atoms with Gasteiger partial charge in [-0.2, -0.15) is 0 Å². The number of ether oxygens (including phenoxy) is 3. The molecule has 0 saturated carbocycles. The average Bonchev–Trinajstić information content (AvgIpc) is 3.11. The maximum absolute atomic E-state index is 12.2. The number of esters is 1. The van der Waals surface area contributed by atoms with Gasteiger partial charge in [0.05, 0.1) is 15.7 Å². The highest BCUT2D eigenvalue weighted by Gasteiger charge is 2.18. The van der Waals surface area contributed by atoms with Gasteiger partial charge in [-0.1, -0.05) is 35.3 Å². The maximum atomic E-state index is 12.2. The van der Waals surface area contributed by atoms with E-state index < -0.39 is 18.0 Å². The number of amides is 1. The van der Waals surface area contributed by atoms with E-state index in [9.17, 15) is 9.59 Å². The highest BCUT2D eigenvalue weighted by molar-refractivity contribution is 6.44. The van der Waals surface area contributed by atoms with E-state index in [1.54, 1.807) is 42.5 Å². The van der Waals surface area contributed by atoms with Crippen LogP contribution in [-0.4, -0.2) is 24.8 Å². The second-order valence-corrected chi connectivity index (χ2v) is 6.40. The first-order chi connectivity index (χ1) is 12.9. The van der Waals surface area contributed by atoms with E-state index in [0.717, 1.165) is 5.56 Å². The van der Waals surface area contributed by atoms with E-state index in [4.69, 9.17) is 37.4 Å². The second kappa shape index (κ2) is 8.33. The summed E-state index contributed by atoms with van der Waals surface area (Å²) in [6.07, 6.45) is 1.77. The average molecular weight is 408 g/mol. The monoisotopic (exact) mass is 407 g/mol. The number of benzene rings is 2. The third kappa shape index (κ3) is 4.72. The lowest BCUT2D eigenvalue weighted by Crippen LogP contribution is -2.29. The molecule has 1 heterocycles. The summed E-state index contributed by atoms with van der Waals surface area (Å²) in [6, 6.07) is 10.1. The zero-order chi connectivity index (χ0) is 19.4. The molecule has 0 saturated heterocycles. The Morgan fingerprint density at radius 1 is 1.19 bits per heavy atom. The summed E-state index contributed by atoms with van der Waals surface area (Å²) in [4.78, 5) is 24.1. The first kappa shape index (κ1) is 19.1. The highest BCUT2D eigenvalue weighted by atomic mass is 35.5. The van der Waals surface area contributed by atoms with Gasteiger partial charge in [0.2, 0.25) is 6.79 Å². The topological polar surface area (TPSA) is 73.9 Å². The van der Waals surface area contributed by atoms with Crippen molar-refractivity contribution in [2.24, 2.45) is 0 Å². The van der Waals surface area contributed by atoms with Crippen molar-refractivity contribution in [2.75, 3.05) is 12.1 Å². The zero-order valence-corrected chi connectivity index (χ0v) is 15.7. The van der Waals surface area contributed by atoms with Gasteiger partial charge in [-0.15, -0.1) is 0 Å². The number of anilines is 1. The summed E-state index contributed by atoms with van der Waals surface area (Å²) in [5.74, 6) is 0.0767. The largest absolute Gasteiger partial charge is 0.454 e. The predicted octanol–water partition coefficient (Wildman–Crippen LogP) is 4.31. The second-order valence-electron chi connectivity index (χ2n) is 5.62. The Morgan fingerprint density at radius 2 is 1.96 bits per heavy atom. The molecule has 2 aromatic rings. The molecule has 0 fully saturated rings. The molecule has 1 N–H and O–H groups in total. The highest BCUT2D eigenvalue weighted by Crippen LogP contribution is 2.33. The van der Waals surface area contributed by atoms with E-state index >= 15 is 0 Å². The van der Waals surface area contributed by atoms with Gasteiger partial charge in [0.1, 0.15) is 0 Å². The third-order valence-corrected chi connectivity index (χ3v) is 4.50. The molecule has 3 rings (SSSR count). The van der Waals surface area contributed by atoms with Crippen LogP contribution in [0.2, 0.25) is 10.0 Å². The number of fused-ring (bicyclic) bond motifs is 1. The fourth-order valence-electron chi connectivity index (χ4n) is 2.28. The van der Waals surface area contributed by atoms with Crippen LogP contribution in [0.15, 0.2) is 42.5 Å². The molecule has 0 spiro atoms. The molecule has 0 radical (unpaired) electrons. The summed E-state index contributed by atoms with van der Waals surface area (Å²) >= 11 is 11.9. The minimum Gasteiger partial charge on any atom is -0.454 e. The summed E-state index contributed by atoms with van der Waals surface area (Å²) in [5.41, 5.74) is 1.08. The van der Waals surface area contributed by atoms with Crippen molar-refractivity contribution in [1.82, 2.24) is 0 Å². The zero-order valence-electron chi connectivity index (χ0n) is 14.2. The Bertz CT molecular complexity index is 913. The molecular formula is C19H15Cl2NO5. The van der Waals surface area contributed by atoms with Crippen molar-refractivity contribution in [3.63, 3.8) is 0 Å². The number of carbonyl (C=O) groups is 2. The van der Waals surface area contributed by atoms with Crippen LogP contribution in [0.4, 0.5) is 5.69 Å². The molecule has 1 amide bonds. The van der Waals surface area contributed by atoms with Crippen LogP contribution in [0.25, 0.3) is 6.08 Å². The van der Waals surface area contributed by atoms with Crippen LogP contribution >= 0.6 is 23.2 Å². The molecular weight excluding hydrogens is 393 g/mol. The first-order valence-electron chi connectivity index (χ1n) is 7.97. The lowest BCUT2D eigenvalue weighted by Gasteiger charge is -2.13. The number of halogens is 2. The predicted molar refractivity (Wildman–Crippen MR) is 102 cm³/mol. The minimum absolute atomic E-state index is 0.174. The van der Waals surface area contributed by atoms with Gasteiger partial charge in [-0.3, -0.25) is 4.79 Å². The van der Waals surface area contributed by atoms with Crippen molar-refractivity contribution in [1.29, 1.82) is 0 Å². The van der Waals surface area contributed by atoms with E-state index in [0.29, 0.717) is 22.2 Å². The van der Waals surface area contributed by atoms with Crippen molar-refractivity contribution in [3.8, 4) is 11.5 Å². The summed E-state index contributed by atoms with van der Waals surface area (Å²) in [5, 5.41) is 3.10. The van der Waals surface area contributed by atoms with Gasteiger partial charge < -0.3 is 19.5 Å². The smallest absolute Gasteiger partial charge is 0.331 e. The Balaban J connectivity index is 1.56. The fraction of sp³-hybridized carbons (Fsp3) is 0.158. The van der Waals surface area contributed by atoms with Crippen LogP contribution in [0, 0.1) is 0 Å².